The summed E-state index contributed by atoms with van der Waals surface area (Å²) in [6, 6.07) is 25.3. The average Bonchev–Trinajstić information content (AvgIpc) is 3.62. The highest BCUT2D eigenvalue weighted by atomic mass is 16.5. The molecule has 9 heteroatoms. The van der Waals surface area contributed by atoms with Crippen molar-refractivity contribution in [2.75, 3.05) is 0 Å². The van der Waals surface area contributed by atoms with Gasteiger partial charge in [-0.2, -0.15) is 4.98 Å². The average molecular weight is 637 g/mol. The molecule has 7 aromatic rings. The second kappa shape index (κ2) is 13.3. The minimum absolute atomic E-state index is 0.125. The number of carbonyl (C=O) groups excluding carboxylic acids is 2. The van der Waals surface area contributed by atoms with Crippen LogP contribution in [0.4, 0.5) is 0 Å². The van der Waals surface area contributed by atoms with Gasteiger partial charge < -0.3 is 14.1 Å². The number of ketones is 2. The zero-order valence-corrected chi connectivity index (χ0v) is 26.9. The fourth-order valence-corrected chi connectivity index (χ4v) is 5.46. The quantitative estimate of drug-likeness (QED) is 0.202. The fraction of sp³-hybridized carbons (Fsp3) is 0.128. The number of aryl methyl sites for hydroxylation is 4. The molecule has 0 aliphatic heterocycles. The Kier molecular flexibility index (Phi) is 8.77. The summed E-state index contributed by atoms with van der Waals surface area (Å²) in [5.41, 5.74) is 6.55. The summed E-state index contributed by atoms with van der Waals surface area (Å²) in [5, 5.41) is 4.84. The normalized spacial score (nSPS) is 10.9. The second-order valence-electron chi connectivity index (χ2n) is 11.7. The third kappa shape index (κ3) is 6.26. The summed E-state index contributed by atoms with van der Waals surface area (Å²) >= 11 is 0. The number of H-pyrrole nitrogens is 1. The molecule has 3 heterocycles. The van der Waals surface area contributed by atoms with Gasteiger partial charge in [0.25, 0.3) is 0 Å². The Morgan fingerprint density at radius 2 is 1.29 bits per heavy atom. The zero-order chi connectivity index (χ0) is 33.9. The van der Waals surface area contributed by atoms with Gasteiger partial charge in [-0.3, -0.25) is 19.2 Å². The van der Waals surface area contributed by atoms with Crippen LogP contribution >= 0.6 is 0 Å². The van der Waals surface area contributed by atoms with E-state index in [0.29, 0.717) is 39.8 Å². The summed E-state index contributed by atoms with van der Waals surface area (Å²) in [6.07, 6.45) is 4.34. The van der Waals surface area contributed by atoms with Gasteiger partial charge in [0.15, 0.2) is 17.4 Å². The van der Waals surface area contributed by atoms with Gasteiger partial charge in [-0.15, -0.1) is 0 Å². The number of fused-ring (bicyclic) bond motifs is 2. The summed E-state index contributed by atoms with van der Waals surface area (Å²) < 4.78 is 6.59. The number of rotatable bonds is 6. The molecule has 0 saturated carbocycles. The lowest BCUT2D eigenvalue weighted by Gasteiger charge is -2.12. The van der Waals surface area contributed by atoms with Gasteiger partial charge in [0.05, 0.1) is 23.2 Å². The maximum absolute atomic E-state index is 13.1. The highest BCUT2D eigenvalue weighted by molar-refractivity contribution is 6.11. The smallest absolute Gasteiger partial charge is 0.213 e. The number of aromatic amines is 1. The molecule has 0 unspecified atom stereocenters. The molecule has 0 aliphatic rings. The standard InChI is InChI=1S/C21H17N3O3.C18H15NO2/c1-13-7-8-15(9-14(13)2)20(25)17-10-24(11-19-22-12-27-23-19)18-6-4-3-5-16(18)21(17)26;1-11-7-8-13(9-12(11)2)17(20)15-10-19-16-6-4-3-5-14(16)18(15)21/h3-10,12H,11H2,1-2H3;3-10H,1-2H3,(H,19,21). The molecule has 0 fully saturated rings. The van der Waals surface area contributed by atoms with E-state index in [1.54, 1.807) is 47.2 Å². The second-order valence-corrected chi connectivity index (χ2v) is 11.7. The Morgan fingerprint density at radius 3 is 1.92 bits per heavy atom. The highest BCUT2D eigenvalue weighted by Crippen LogP contribution is 2.18. The number of para-hydroxylation sites is 2. The molecule has 238 valence electrons. The number of pyridine rings is 2. The first-order chi connectivity index (χ1) is 23.1. The lowest BCUT2D eigenvalue weighted by molar-refractivity contribution is 0.102. The first-order valence-corrected chi connectivity index (χ1v) is 15.3. The first-order valence-electron chi connectivity index (χ1n) is 15.3. The van der Waals surface area contributed by atoms with Crippen LogP contribution in [0.1, 0.15) is 59.9 Å². The predicted octanol–water partition coefficient (Wildman–Crippen LogP) is 6.66. The van der Waals surface area contributed by atoms with Crippen LogP contribution in [-0.4, -0.2) is 31.3 Å². The Morgan fingerprint density at radius 1 is 0.708 bits per heavy atom. The molecular formula is C39H32N4O5. The maximum atomic E-state index is 13.1. The Balaban J connectivity index is 0.000000173. The molecule has 0 saturated heterocycles. The van der Waals surface area contributed by atoms with E-state index in [1.807, 2.05) is 76.2 Å². The van der Waals surface area contributed by atoms with Gasteiger partial charge in [-0.25, -0.2) is 0 Å². The van der Waals surface area contributed by atoms with E-state index in [1.165, 1.54) is 12.6 Å². The van der Waals surface area contributed by atoms with Crippen molar-refractivity contribution >= 4 is 33.4 Å². The zero-order valence-electron chi connectivity index (χ0n) is 26.9. The predicted molar refractivity (Wildman–Crippen MR) is 185 cm³/mol. The van der Waals surface area contributed by atoms with E-state index in [4.69, 9.17) is 4.52 Å². The van der Waals surface area contributed by atoms with Crippen molar-refractivity contribution < 1.29 is 14.1 Å². The van der Waals surface area contributed by atoms with Gasteiger partial charge >= 0.3 is 0 Å². The van der Waals surface area contributed by atoms with Crippen LogP contribution in [0.25, 0.3) is 21.8 Å². The van der Waals surface area contributed by atoms with Crippen LogP contribution in [0.2, 0.25) is 0 Å². The van der Waals surface area contributed by atoms with E-state index in [9.17, 15) is 19.2 Å². The van der Waals surface area contributed by atoms with Crippen LogP contribution in [-0.2, 0) is 6.54 Å². The van der Waals surface area contributed by atoms with Crippen LogP contribution in [0, 0.1) is 27.7 Å². The third-order valence-corrected chi connectivity index (χ3v) is 8.52. The van der Waals surface area contributed by atoms with Gasteiger partial charge in [0.1, 0.15) is 0 Å². The minimum Gasteiger partial charge on any atom is -0.360 e. The Bertz CT molecular complexity index is 2460. The number of benzene rings is 4. The SMILES string of the molecule is Cc1ccc(C(=O)c2c[nH]c3ccccc3c2=O)cc1C.Cc1ccc(C(=O)c2cn(Cc3ncon3)c3ccccc3c2=O)cc1C. The largest absolute Gasteiger partial charge is 0.360 e. The fourth-order valence-electron chi connectivity index (χ4n) is 5.46. The summed E-state index contributed by atoms with van der Waals surface area (Å²) in [5.74, 6) is -0.0748. The lowest BCUT2D eigenvalue weighted by Crippen LogP contribution is -2.20. The maximum Gasteiger partial charge on any atom is 0.213 e. The van der Waals surface area contributed by atoms with Gasteiger partial charge in [0, 0.05) is 39.8 Å². The minimum atomic E-state index is -0.296. The summed E-state index contributed by atoms with van der Waals surface area (Å²) in [4.78, 5) is 58.1. The number of nitrogens with one attached hydrogen (secondary N) is 1. The van der Waals surface area contributed by atoms with E-state index in [-0.39, 0.29) is 33.6 Å². The van der Waals surface area contributed by atoms with E-state index in [0.717, 1.165) is 27.8 Å². The van der Waals surface area contributed by atoms with Gasteiger partial charge in [-0.1, -0.05) is 53.7 Å². The van der Waals surface area contributed by atoms with Crippen molar-refractivity contribution in [1.82, 2.24) is 19.7 Å². The van der Waals surface area contributed by atoms with E-state index >= 15 is 0 Å². The monoisotopic (exact) mass is 636 g/mol. The Labute approximate surface area is 275 Å². The molecule has 9 nitrogen and oxygen atoms in total. The van der Waals surface area contributed by atoms with Crippen LogP contribution in [0.3, 0.4) is 0 Å². The number of hydrogen-bond donors (Lipinski definition) is 1. The highest BCUT2D eigenvalue weighted by Gasteiger charge is 2.19. The molecule has 0 radical (unpaired) electrons. The van der Waals surface area contributed by atoms with E-state index in [2.05, 4.69) is 15.1 Å². The number of hydrogen-bond acceptors (Lipinski definition) is 7. The molecule has 0 spiro atoms. The van der Waals surface area contributed by atoms with Crippen molar-refractivity contribution in [3.05, 3.63) is 174 Å². The number of aromatic nitrogens is 4. The molecule has 48 heavy (non-hydrogen) atoms. The van der Waals surface area contributed by atoms with Crippen molar-refractivity contribution in [1.29, 1.82) is 0 Å². The number of carbonyl (C=O) groups is 2. The molecule has 1 N–H and O–H groups in total. The molecule has 3 aromatic heterocycles. The van der Waals surface area contributed by atoms with Gasteiger partial charge in [0.2, 0.25) is 17.3 Å². The molecule has 4 aromatic carbocycles. The lowest BCUT2D eigenvalue weighted by atomic mass is 9.99. The van der Waals surface area contributed by atoms with Crippen molar-refractivity contribution in [2.45, 2.75) is 34.2 Å². The van der Waals surface area contributed by atoms with Crippen LogP contribution in [0.5, 0.6) is 0 Å². The molecule has 0 aliphatic carbocycles. The van der Waals surface area contributed by atoms with Crippen molar-refractivity contribution in [2.24, 2.45) is 0 Å². The third-order valence-electron chi connectivity index (χ3n) is 8.52. The molecular weight excluding hydrogens is 604 g/mol. The molecule has 0 atom stereocenters. The summed E-state index contributed by atoms with van der Waals surface area (Å²) in [7, 11) is 0. The molecule has 7 rings (SSSR count). The van der Waals surface area contributed by atoms with E-state index < -0.39 is 0 Å². The first kappa shape index (κ1) is 31.7. The van der Waals surface area contributed by atoms with Crippen molar-refractivity contribution in [3.8, 4) is 0 Å². The Hall–Kier alpha value is -6.22. The van der Waals surface area contributed by atoms with Gasteiger partial charge in [-0.05, 0) is 86.3 Å². The van der Waals surface area contributed by atoms with Crippen LogP contribution < -0.4 is 10.9 Å². The summed E-state index contributed by atoms with van der Waals surface area (Å²) in [6.45, 7) is 8.17. The number of nitrogens with zero attached hydrogens (tertiary/aromatic N) is 3. The van der Waals surface area contributed by atoms with Crippen LogP contribution in [0.15, 0.2) is 118 Å². The topological polar surface area (TPSA) is 128 Å². The molecule has 0 bridgehead atoms. The van der Waals surface area contributed by atoms with Crippen molar-refractivity contribution in [3.63, 3.8) is 0 Å². The molecule has 0 amide bonds.